The summed E-state index contributed by atoms with van der Waals surface area (Å²) >= 11 is 1.65. The quantitative estimate of drug-likeness (QED) is 0.302. The van der Waals surface area contributed by atoms with Crippen LogP contribution in [0.3, 0.4) is 0 Å². The van der Waals surface area contributed by atoms with Gasteiger partial charge in [-0.15, -0.1) is 24.9 Å². The van der Waals surface area contributed by atoms with Crippen molar-refractivity contribution in [1.29, 1.82) is 0 Å². The Morgan fingerprint density at radius 3 is 2.29 bits per heavy atom. The van der Waals surface area contributed by atoms with E-state index in [1.54, 1.807) is 38.6 Å². The smallest absolute Gasteiger partial charge is 0.251 e. The maximum Gasteiger partial charge on any atom is 0.251 e. The van der Waals surface area contributed by atoms with Crippen molar-refractivity contribution < 1.29 is 24.2 Å². The normalized spacial score (nSPS) is 26.5. The number of thioether (sulfide) groups is 1. The van der Waals surface area contributed by atoms with Crippen molar-refractivity contribution in [2.45, 2.75) is 62.5 Å². The van der Waals surface area contributed by atoms with Gasteiger partial charge in [-0.05, 0) is 82.3 Å². The first-order valence-corrected chi connectivity index (χ1v) is 16.6. The minimum atomic E-state index is -0.775. The molecule has 2 unspecified atom stereocenters. The van der Waals surface area contributed by atoms with Gasteiger partial charge in [0, 0.05) is 42.4 Å². The lowest BCUT2D eigenvalue weighted by Crippen LogP contribution is -2.55. The average Bonchev–Trinajstić information content (AvgIpc) is 3.58. The van der Waals surface area contributed by atoms with Crippen LogP contribution in [0.25, 0.3) is 0 Å². The van der Waals surface area contributed by atoms with Gasteiger partial charge in [0.25, 0.3) is 5.91 Å². The number of carbonyl (C=O) groups is 3. The van der Waals surface area contributed by atoms with Crippen LogP contribution >= 0.6 is 11.8 Å². The van der Waals surface area contributed by atoms with E-state index >= 15 is 0 Å². The number of amides is 3. The molecule has 5 rings (SSSR count). The molecule has 0 radical (unpaired) electrons. The highest BCUT2D eigenvalue weighted by molar-refractivity contribution is 8.02. The summed E-state index contributed by atoms with van der Waals surface area (Å²) in [5, 5.41) is 9.78. The number of anilines is 2. The Hall–Kier alpha value is -3.56. The van der Waals surface area contributed by atoms with Crippen LogP contribution < -0.4 is 14.5 Å². The number of benzene rings is 2. The molecule has 9 heteroatoms. The molecule has 0 aromatic heterocycles. The van der Waals surface area contributed by atoms with Crippen LogP contribution in [0.2, 0.25) is 0 Å². The number of aliphatic hydroxyl groups is 1. The highest BCUT2D eigenvalue weighted by atomic mass is 32.2. The average molecular weight is 632 g/mol. The van der Waals surface area contributed by atoms with Crippen LogP contribution in [0.5, 0.6) is 5.75 Å². The zero-order valence-corrected chi connectivity index (χ0v) is 27.6. The Morgan fingerprint density at radius 1 is 1.04 bits per heavy atom. The van der Waals surface area contributed by atoms with Crippen LogP contribution in [0.15, 0.2) is 67.8 Å². The number of para-hydroxylation sites is 1. The lowest BCUT2D eigenvalue weighted by atomic mass is 9.66. The van der Waals surface area contributed by atoms with Crippen LogP contribution in [0.4, 0.5) is 11.4 Å². The predicted molar refractivity (Wildman–Crippen MR) is 181 cm³/mol. The summed E-state index contributed by atoms with van der Waals surface area (Å²) < 4.78 is 4.32. The monoisotopic (exact) mass is 631 g/mol. The van der Waals surface area contributed by atoms with Crippen LogP contribution in [0, 0.1) is 25.7 Å². The van der Waals surface area contributed by atoms with Gasteiger partial charge >= 0.3 is 0 Å². The predicted octanol–water partition coefficient (Wildman–Crippen LogP) is 5.30. The van der Waals surface area contributed by atoms with Crippen molar-refractivity contribution in [3.8, 4) is 5.75 Å². The van der Waals surface area contributed by atoms with E-state index < -0.39 is 27.4 Å². The molecule has 2 aromatic carbocycles. The highest BCUT2D eigenvalue weighted by Gasteiger charge is 2.77. The van der Waals surface area contributed by atoms with Gasteiger partial charge in [0.05, 0.1) is 23.2 Å². The fraction of sp³-hybridized carbons (Fsp3) is 0.472. The van der Waals surface area contributed by atoms with Gasteiger partial charge in [-0.1, -0.05) is 30.4 Å². The third kappa shape index (κ3) is 5.48. The molecule has 3 saturated heterocycles. The summed E-state index contributed by atoms with van der Waals surface area (Å²) in [6.45, 7) is 17.1. The van der Waals surface area contributed by atoms with Crippen LogP contribution in [-0.2, 0) is 14.4 Å². The molecule has 3 fully saturated rings. The van der Waals surface area contributed by atoms with E-state index in [1.165, 1.54) is 0 Å². The number of fused-ring (bicyclic) bond motifs is 1. The fourth-order valence-electron chi connectivity index (χ4n) is 7.87. The molecule has 3 heterocycles. The summed E-state index contributed by atoms with van der Waals surface area (Å²) in [5.41, 5.74) is 3.45. The van der Waals surface area contributed by atoms with E-state index in [2.05, 4.69) is 20.1 Å². The summed E-state index contributed by atoms with van der Waals surface area (Å²) in [7, 11) is 0. The van der Waals surface area contributed by atoms with Gasteiger partial charge in [0.15, 0.2) is 0 Å². The SMILES string of the molecule is C=CCN(C(=O)[C@@H]1[C@H]2C(=O)N(CCCO)C(C(=O)N(CC=C)c3c(C)cccc3C)C23CC[C@@]1(C)S3)c1ccc(OCC)cc1. The number of carbonyl (C=O) groups excluding carboxylic acids is 3. The summed E-state index contributed by atoms with van der Waals surface area (Å²) in [6.07, 6.45) is 5.12. The van der Waals surface area contributed by atoms with Gasteiger partial charge in [0.1, 0.15) is 11.8 Å². The molecule has 2 aromatic rings. The molecule has 240 valence electrons. The molecule has 3 aliphatic heterocycles. The number of ether oxygens (including phenoxy) is 1. The van der Waals surface area contributed by atoms with Crippen LogP contribution in [-0.4, -0.2) is 76.1 Å². The molecular weight excluding hydrogens is 586 g/mol. The van der Waals surface area contributed by atoms with Gasteiger partial charge in [-0.2, -0.15) is 0 Å². The molecule has 1 spiro atoms. The lowest BCUT2D eigenvalue weighted by Gasteiger charge is -2.38. The van der Waals surface area contributed by atoms with E-state index in [0.717, 1.165) is 16.8 Å². The van der Waals surface area contributed by atoms with E-state index in [4.69, 9.17) is 4.74 Å². The molecule has 45 heavy (non-hydrogen) atoms. The molecule has 2 bridgehead atoms. The van der Waals surface area contributed by atoms with Gasteiger partial charge in [-0.25, -0.2) is 0 Å². The summed E-state index contributed by atoms with van der Waals surface area (Å²) in [4.78, 5) is 49.3. The number of aryl methyl sites for hydroxylation is 2. The zero-order valence-electron chi connectivity index (χ0n) is 26.8. The van der Waals surface area contributed by atoms with Crippen LogP contribution in [0.1, 0.15) is 44.2 Å². The Balaban J connectivity index is 1.58. The van der Waals surface area contributed by atoms with E-state index in [9.17, 15) is 19.5 Å². The maximum absolute atomic E-state index is 14.9. The second-order valence-electron chi connectivity index (χ2n) is 12.5. The molecule has 0 saturated carbocycles. The first kappa shape index (κ1) is 32.8. The van der Waals surface area contributed by atoms with Crippen molar-refractivity contribution in [3.05, 3.63) is 78.9 Å². The second kappa shape index (κ2) is 13.0. The van der Waals surface area contributed by atoms with Crippen molar-refractivity contribution in [1.82, 2.24) is 4.90 Å². The minimum Gasteiger partial charge on any atom is -0.494 e. The Kier molecular flexibility index (Phi) is 9.52. The van der Waals surface area contributed by atoms with Gasteiger partial charge in [0.2, 0.25) is 11.8 Å². The molecule has 8 nitrogen and oxygen atoms in total. The molecule has 3 aliphatic rings. The third-order valence-electron chi connectivity index (χ3n) is 9.66. The second-order valence-corrected chi connectivity index (χ2v) is 14.4. The lowest BCUT2D eigenvalue weighted by molar-refractivity contribution is -0.139. The molecule has 3 amide bonds. The largest absolute Gasteiger partial charge is 0.494 e. The number of nitrogens with zero attached hydrogens (tertiary/aromatic N) is 3. The standard InChI is InChI=1S/C36H45N3O5S/c1-7-20-37(26-14-16-27(17-15-26)44-9-3)32(41)28-29-33(42)39(22-11-23-40)31(36(29)19-18-35(28,6)45-36)34(43)38(21-8-2)30-24(4)12-10-13-25(30)5/h7-8,10,12-17,28-29,31,40H,1-2,9,11,18-23H2,3-6H3/t28-,29-,31?,35+,36?/m0/s1. The Labute approximate surface area is 271 Å². The zero-order chi connectivity index (χ0) is 32.5. The number of rotatable bonds is 13. The van der Waals surface area contributed by atoms with E-state index in [-0.39, 0.29) is 37.4 Å². The maximum atomic E-state index is 14.9. The molecule has 5 atom stereocenters. The minimum absolute atomic E-state index is 0.103. The van der Waals surface area contributed by atoms with Crippen molar-refractivity contribution >= 4 is 40.9 Å². The van der Waals surface area contributed by atoms with Crippen molar-refractivity contribution in [2.75, 3.05) is 42.6 Å². The first-order valence-electron chi connectivity index (χ1n) is 15.8. The number of likely N-dealkylation sites (tertiary alicyclic amines) is 1. The Morgan fingerprint density at radius 2 is 1.69 bits per heavy atom. The van der Waals surface area contributed by atoms with E-state index in [1.807, 2.05) is 63.2 Å². The number of hydrogen-bond acceptors (Lipinski definition) is 6. The number of aliphatic hydroxyl groups excluding tert-OH is 1. The summed E-state index contributed by atoms with van der Waals surface area (Å²) in [5.74, 6) is -1.06. The summed E-state index contributed by atoms with van der Waals surface area (Å²) in [6, 6.07) is 12.6. The molecule has 1 N–H and O–H groups in total. The van der Waals surface area contributed by atoms with Gasteiger partial charge < -0.3 is 24.5 Å². The highest BCUT2D eigenvalue weighted by Crippen LogP contribution is 2.71. The fourth-order valence-corrected chi connectivity index (χ4v) is 10.2. The third-order valence-corrected chi connectivity index (χ3v) is 11.6. The number of hydrogen-bond donors (Lipinski definition) is 1. The Bertz CT molecular complexity index is 1460. The molecule has 0 aliphatic carbocycles. The van der Waals surface area contributed by atoms with Crippen molar-refractivity contribution in [3.63, 3.8) is 0 Å². The molecular formula is C36H45N3O5S. The van der Waals surface area contributed by atoms with E-state index in [0.29, 0.717) is 43.9 Å². The van der Waals surface area contributed by atoms with Gasteiger partial charge in [-0.3, -0.25) is 14.4 Å². The topological polar surface area (TPSA) is 90.4 Å². The first-order chi connectivity index (χ1) is 21.6. The van der Waals surface area contributed by atoms with Crippen molar-refractivity contribution in [2.24, 2.45) is 11.8 Å².